The van der Waals surface area contributed by atoms with Gasteiger partial charge in [-0.25, -0.2) is 8.42 Å². The highest BCUT2D eigenvalue weighted by molar-refractivity contribution is 7.92. The fraction of sp³-hybridized carbons (Fsp3) is 0.240. The number of sulfonamides is 1. The SMILES string of the molecule is CCC(NC(=O)CN(c1ccccc1)S(=O)(=O)c1ccc(Cl)cc1)c1ccc(C)c(C)c1. The molecular weight excluding hydrogens is 444 g/mol. The molecule has 32 heavy (non-hydrogen) atoms. The van der Waals surface area contributed by atoms with Crippen LogP contribution in [-0.2, 0) is 14.8 Å². The second-order valence-corrected chi connectivity index (χ2v) is 9.97. The molecule has 0 spiro atoms. The lowest BCUT2D eigenvalue weighted by Gasteiger charge is -2.26. The monoisotopic (exact) mass is 470 g/mol. The number of anilines is 1. The lowest BCUT2D eigenvalue weighted by atomic mass is 9.99. The number of nitrogens with one attached hydrogen (secondary N) is 1. The van der Waals surface area contributed by atoms with E-state index in [2.05, 4.69) is 11.4 Å². The summed E-state index contributed by atoms with van der Waals surface area (Å²) in [6, 6.07) is 20.4. The van der Waals surface area contributed by atoms with Crippen LogP contribution < -0.4 is 9.62 Å². The lowest BCUT2D eigenvalue weighted by Crippen LogP contribution is -2.42. The minimum Gasteiger partial charge on any atom is -0.348 e. The molecule has 0 aromatic heterocycles. The van der Waals surface area contributed by atoms with Gasteiger partial charge in [-0.15, -0.1) is 0 Å². The Labute approximate surface area is 195 Å². The molecule has 0 aliphatic heterocycles. The number of hydrogen-bond acceptors (Lipinski definition) is 3. The topological polar surface area (TPSA) is 66.5 Å². The average molecular weight is 471 g/mol. The van der Waals surface area contributed by atoms with E-state index in [0.717, 1.165) is 15.4 Å². The normalized spacial score (nSPS) is 12.2. The third-order valence-corrected chi connectivity index (χ3v) is 7.45. The predicted octanol–water partition coefficient (Wildman–Crippen LogP) is 5.42. The molecule has 1 unspecified atom stereocenters. The van der Waals surface area contributed by atoms with Crippen molar-refractivity contribution in [2.75, 3.05) is 10.8 Å². The maximum atomic E-state index is 13.4. The summed E-state index contributed by atoms with van der Waals surface area (Å²) in [5.74, 6) is -0.378. The maximum Gasteiger partial charge on any atom is 0.264 e. The number of amides is 1. The number of aryl methyl sites for hydroxylation is 2. The highest BCUT2D eigenvalue weighted by atomic mass is 35.5. The van der Waals surface area contributed by atoms with Crippen LogP contribution in [0.3, 0.4) is 0 Å². The molecule has 3 rings (SSSR count). The molecule has 1 atom stereocenters. The molecular formula is C25H27ClN2O3S. The van der Waals surface area contributed by atoms with Gasteiger partial charge in [-0.3, -0.25) is 9.10 Å². The van der Waals surface area contributed by atoms with Crippen LogP contribution in [0.4, 0.5) is 5.69 Å². The number of halogens is 1. The zero-order chi connectivity index (χ0) is 23.3. The number of nitrogens with zero attached hydrogens (tertiary/aromatic N) is 1. The summed E-state index contributed by atoms with van der Waals surface area (Å²) in [6.45, 7) is 5.72. The van der Waals surface area contributed by atoms with E-state index in [-0.39, 0.29) is 23.4 Å². The van der Waals surface area contributed by atoms with Gasteiger partial charge < -0.3 is 5.32 Å². The third kappa shape index (κ3) is 5.50. The van der Waals surface area contributed by atoms with Gasteiger partial charge in [0.15, 0.2) is 0 Å². The molecule has 168 valence electrons. The third-order valence-electron chi connectivity index (χ3n) is 5.41. The van der Waals surface area contributed by atoms with Crippen molar-refractivity contribution in [1.29, 1.82) is 0 Å². The Morgan fingerprint density at radius 1 is 0.969 bits per heavy atom. The fourth-order valence-electron chi connectivity index (χ4n) is 3.42. The zero-order valence-electron chi connectivity index (χ0n) is 18.4. The number of carbonyl (C=O) groups is 1. The van der Waals surface area contributed by atoms with Gasteiger partial charge in [0.25, 0.3) is 10.0 Å². The summed E-state index contributed by atoms with van der Waals surface area (Å²) in [7, 11) is -3.97. The first-order chi connectivity index (χ1) is 15.2. The highest BCUT2D eigenvalue weighted by Crippen LogP contribution is 2.25. The van der Waals surface area contributed by atoms with Crippen LogP contribution in [0.15, 0.2) is 77.7 Å². The van der Waals surface area contributed by atoms with Crippen LogP contribution in [0.25, 0.3) is 0 Å². The Bertz CT molecular complexity index is 1180. The molecule has 1 amide bonds. The molecule has 0 aliphatic rings. The first kappa shape index (κ1) is 23.8. The zero-order valence-corrected chi connectivity index (χ0v) is 20.0. The van der Waals surface area contributed by atoms with E-state index in [1.165, 1.54) is 29.8 Å². The van der Waals surface area contributed by atoms with Crippen molar-refractivity contribution in [1.82, 2.24) is 5.32 Å². The van der Waals surface area contributed by atoms with Gasteiger partial charge in [-0.2, -0.15) is 0 Å². The second-order valence-electron chi connectivity index (χ2n) is 7.67. The van der Waals surface area contributed by atoms with E-state index < -0.39 is 10.0 Å². The molecule has 7 heteroatoms. The summed E-state index contributed by atoms with van der Waals surface area (Å²) in [4.78, 5) is 13.1. The minimum absolute atomic E-state index is 0.0692. The van der Waals surface area contributed by atoms with Crippen molar-refractivity contribution in [3.63, 3.8) is 0 Å². The number of carbonyl (C=O) groups excluding carboxylic acids is 1. The Hall–Kier alpha value is -2.83. The van der Waals surface area contributed by atoms with Crippen molar-refractivity contribution in [2.24, 2.45) is 0 Å². The van der Waals surface area contributed by atoms with E-state index in [0.29, 0.717) is 17.1 Å². The summed E-state index contributed by atoms with van der Waals surface area (Å²) < 4.78 is 27.9. The van der Waals surface area contributed by atoms with E-state index in [1.54, 1.807) is 30.3 Å². The Morgan fingerprint density at radius 2 is 1.62 bits per heavy atom. The quantitative estimate of drug-likeness (QED) is 0.478. The molecule has 0 saturated carbocycles. The van der Waals surface area contributed by atoms with Gasteiger partial charge in [-0.05, 0) is 73.4 Å². The standard InChI is InChI=1S/C25H27ClN2O3S/c1-4-24(20-11-10-18(2)19(3)16-20)27-25(29)17-28(22-8-6-5-7-9-22)32(30,31)23-14-12-21(26)13-15-23/h5-16,24H,4,17H2,1-3H3,(H,27,29). The van der Waals surface area contributed by atoms with Crippen LogP contribution in [-0.4, -0.2) is 20.9 Å². The lowest BCUT2D eigenvalue weighted by molar-refractivity contribution is -0.120. The van der Waals surface area contributed by atoms with Gasteiger partial charge >= 0.3 is 0 Å². The molecule has 0 aliphatic carbocycles. The summed E-state index contributed by atoms with van der Waals surface area (Å²) in [5, 5.41) is 3.43. The van der Waals surface area contributed by atoms with Crippen LogP contribution in [0.1, 0.15) is 36.1 Å². The number of hydrogen-bond donors (Lipinski definition) is 1. The van der Waals surface area contributed by atoms with Crippen LogP contribution in [0, 0.1) is 13.8 Å². The summed E-state index contributed by atoms with van der Waals surface area (Å²) in [6.07, 6.45) is 0.684. The number of para-hydroxylation sites is 1. The van der Waals surface area contributed by atoms with Gasteiger partial charge in [0, 0.05) is 5.02 Å². The molecule has 0 bridgehead atoms. The predicted molar refractivity (Wildman–Crippen MR) is 130 cm³/mol. The molecule has 0 heterocycles. The van der Waals surface area contributed by atoms with Crippen molar-refractivity contribution in [3.05, 3.63) is 94.5 Å². The van der Waals surface area contributed by atoms with E-state index in [4.69, 9.17) is 11.6 Å². The molecule has 3 aromatic carbocycles. The molecule has 1 N–H and O–H groups in total. The van der Waals surface area contributed by atoms with Crippen LogP contribution in [0.2, 0.25) is 5.02 Å². The Balaban J connectivity index is 1.88. The highest BCUT2D eigenvalue weighted by Gasteiger charge is 2.28. The molecule has 0 saturated heterocycles. The summed E-state index contributed by atoms with van der Waals surface area (Å²) in [5.41, 5.74) is 3.73. The van der Waals surface area contributed by atoms with E-state index in [9.17, 15) is 13.2 Å². The number of benzene rings is 3. The molecule has 0 fully saturated rings. The minimum atomic E-state index is -3.97. The van der Waals surface area contributed by atoms with Gasteiger partial charge in [-0.1, -0.05) is 54.9 Å². The first-order valence-electron chi connectivity index (χ1n) is 10.4. The first-order valence-corrected chi connectivity index (χ1v) is 12.2. The summed E-state index contributed by atoms with van der Waals surface area (Å²) >= 11 is 5.92. The van der Waals surface area contributed by atoms with Crippen LogP contribution >= 0.6 is 11.6 Å². The molecule has 0 radical (unpaired) electrons. The van der Waals surface area contributed by atoms with Gasteiger partial charge in [0.05, 0.1) is 16.6 Å². The van der Waals surface area contributed by atoms with Gasteiger partial charge in [0.1, 0.15) is 6.54 Å². The van der Waals surface area contributed by atoms with Crippen LogP contribution in [0.5, 0.6) is 0 Å². The van der Waals surface area contributed by atoms with Crippen molar-refractivity contribution >= 4 is 33.2 Å². The smallest absolute Gasteiger partial charge is 0.264 e. The van der Waals surface area contributed by atoms with Gasteiger partial charge in [0.2, 0.25) is 5.91 Å². The number of rotatable bonds is 8. The Morgan fingerprint density at radius 3 is 2.22 bits per heavy atom. The fourth-order valence-corrected chi connectivity index (χ4v) is 4.96. The average Bonchev–Trinajstić information content (AvgIpc) is 2.78. The van der Waals surface area contributed by atoms with Crippen molar-refractivity contribution < 1.29 is 13.2 Å². The maximum absolute atomic E-state index is 13.4. The van der Waals surface area contributed by atoms with Crippen molar-refractivity contribution in [3.8, 4) is 0 Å². The van der Waals surface area contributed by atoms with E-state index in [1.807, 2.05) is 32.9 Å². The Kier molecular flexibility index (Phi) is 7.59. The van der Waals surface area contributed by atoms with E-state index >= 15 is 0 Å². The molecule has 3 aromatic rings. The second kappa shape index (κ2) is 10.2. The largest absolute Gasteiger partial charge is 0.348 e. The van der Waals surface area contributed by atoms with Crippen molar-refractivity contribution in [2.45, 2.75) is 38.1 Å². The molecule has 5 nitrogen and oxygen atoms in total.